The molecule has 0 bridgehead atoms. The van der Waals surface area contributed by atoms with Crippen molar-refractivity contribution in [3.8, 4) is 22.7 Å². The van der Waals surface area contributed by atoms with E-state index in [2.05, 4.69) is 5.10 Å². The molecule has 0 fully saturated rings. The van der Waals surface area contributed by atoms with Gasteiger partial charge in [0, 0.05) is 5.56 Å². The van der Waals surface area contributed by atoms with Crippen LogP contribution >= 0.6 is 0 Å². The van der Waals surface area contributed by atoms with E-state index in [4.69, 9.17) is 14.2 Å². The Bertz CT molecular complexity index is 1370. The number of methoxy groups -OCH3 is 2. The Morgan fingerprint density at radius 3 is 2.17 bits per heavy atom. The number of halogens is 2. The molecule has 0 saturated carbocycles. The van der Waals surface area contributed by atoms with Gasteiger partial charge in [-0.2, -0.15) is 5.10 Å². The third kappa shape index (κ3) is 4.89. The van der Waals surface area contributed by atoms with E-state index in [0.717, 1.165) is 12.1 Å². The number of carbonyl (C=O) groups excluding carboxylic acids is 2. The molecule has 3 aromatic carbocycles. The molecule has 0 atom stereocenters. The maximum absolute atomic E-state index is 13.4. The van der Waals surface area contributed by atoms with Crippen LogP contribution in [-0.4, -0.2) is 35.9 Å². The number of rotatable bonds is 7. The molecule has 0 radical (unpaired) electrons. The van der Waals surface area contributed by atoms with Gasteiger partial charge < -0.3 is 14.2 Å². The number of hydrogen-bond donors (Lipinski definition) is 0. The van der Waals surface area contributed by atoms with Crippen LogP contribution in [0.5, 0.6) is 5.75 Å². The summed E-state index contributed by atoms with van der Waals surface area (Å²) in [6.45, 7) is 0.0269. The first-order valence-corrected chi connectivity index (χ1v) is 10.4. The Kier molecular flexibility index (Phi) is 6.86. The van der Waals surface area contributed by atoms with Gasteiger partial charge >= 0.3 is 11.9 Å². The van der Waals surface area contributed by atoms with E-state index in [1.165, 1.54) is 25.0 Å². The van der Waals surface area contributed by atoms with Gasteiger partial charge in [0.05, 0.1) is 19.9 Å². The maximum atomic E-state index is 13.4. The van der Waals surface area contributed by atoms with Gasteiger partial charge in [-0.1, -0.05) is 24.3 Å². The largest absolute Gasteiger partial charge is 0.489 e. The molecule has 0 aliphatic rings. The quantitative estimate of drug-likeness (QED) is 0.349. The first-order valence-electron chi connectivity index (χ1n) is 10.4. The highest BCUT2D eigenvalue weighted by Gasteiger charge is 2.31. The molecule has 0 N–H and O–H groups in total. The van der Waals surface area contributed by atoms with Gasteiger partial charge in [-0.05, 0) is 54.1 Å². The molecule has 9 heteroatoms. The normalized spacial score (nSPS) is 10.6. The van der Waals surface area contributed by atoms with E-state index in [9.17, 15) is 18.4 Å². The van der Waals surface area contributed by atoms with Crippen molar-refractivity contribution < 1.29 is 32.6 Å². The predicted octanol–water partition coefficient (Wildman–Crippen LogP) is 4.97. The first-order chi connectivity index (χ1) is 16.9. The predicted molar refractivity (Wildman–Crippen MR) is 122 cm³/mol. The van der Waals surface area contributed by atoms with Crippen molar-refractivity contribution in [2.45, 2.75) is 6.61 Å². The van der Waals surface area contributed by atoms with Crippen molar-refractivity contribution >= 4 is 11.9 Å². The Morgan fingerprint density at radius 2 is 1.54 bits per heavy atom. The Hall–Kier alpha value is -4.53. The SMILES string of the molecule is COC(=O)c1c(-c2ccc(OCc3ccc(F)c(F)c3)cc2)nn(-c2ccccc2)c1C(=O)OC. The Labute approximate surface area is 199 Å². The summed E-state index contributed by atoms with van der Waals surface area (Å²) in [7, 11) is 2.42. The Balaban J connectivity index is 1.70. The highest BCUT2D eigenvalue weighted by Crippen LogP contribution is 2.30. The summed E-state index contributed by atoms with van der Waals surface area (Å²) in [5.74, 6) is -2.93. The lowest BCUT2D eigenvalue weighted by Crippen LogP contribution is -2.15. The van der Waals surface area contributed by atoms with Crippen molar-refractivity contribution in [2.75, 3.05) is 14.2 Å². The summed E-state index contributed by atoms with van der Waals surface area (Å²) in [5.41, 5.74) is 1.64. The highest BCUT2D eigenvalue weighted by atomic mass is 19.2. The van der Waals surface area contributed by atoms with E-state index in [0.29, 0.717) is 22.6 Å². The lowest BCUT2D eigenvalue weighted by Gasteiger charge is -2.08. The molecule has 4 rings (SSSR count). The van der Waals surface area contributed by atoms with Crippen LogP contribution < -0.4 is 4.74 Å². The van der Waals surface area contributed by atoms with Crippen LogP contribution in [0.3, 0.4) is 0 Å². The van der Waals surface area contributed by atoms with E-state index in [1.54, 1.807) is 48.5 Å². The molecule has 0 saturated heterocycles. The first kappa shape index (κ1) is 23.6. The number of esters is 2. The average molecular weight is 478 g/mol. The highest BCUT2D eigenvalue weighted by molar-refractivity contribution is 6.06. The fourth-order valence-electron chi connectivity index (χ4n) is 3.46. The number of nitrogens with zero attached hydrogens (tertiary/aromatic N) is 2. The minimum atomic E-state index is -0.952. The van der Waals surface area contributed by atoms with Gasteiger partial charge in [-0.25, -0.2) is 23.1 Å². The molecule has 1 heterocycles. The van der Waals surface area contributed by atoms with Crippen LogP contribution in [0.4, 0.5) is 8.78 Å². The topological polar surface area (TPSA) is 79.7 Å². The van der Waals surface area contributed by atoms with Crippen LogP contribution in [0, 0.1) is 11.6 Å². The molecule has 1 aromatic heterocycles. The van der Waals surface area contributed by atoms with E-state index >= 15 is 0 Å². The molecule has 0 amide bonds. The van der Waals surface area contributed by atoms with E-state index in [-0.39, 0.29) is 23.6 Å². The monoisotopic (exact) mass is 478 g/mol. The van der Waals surface area contributed by atoms with Crippen molar-refractivity contribution in [2.24, 2.45) is 0 Å². The molecule has 35 heavy (non-hydrogen) atoms. The molecule has 0 unspecified atom stereocenters. The van der Waals surface area contributed by atoms with Crippen molar-refractivity contribution in [3.05, 3.63) is 101 Å². The number of hydrogen-bond acceptors (Lipinski definition) is 6. The van der Waals surface area contributed by atoms with E-state index < -0.39 is 23.6 Å². The summed E-state index contributed by atoms with van der Waals surface area (Å²) in [5, 5.41) is 4.53. The van der Waals surface area contributed by atoms with Gasteiger partial charge in [-0.3, -0.25) is 0 Å². The third-order valence-electron chi connectivity index (χ3n) is 5.17. The summed E-state index contributed by atoms with van der Waals surface area (Å²) in [6.07, 6.45) is 0. The molecule has 0 aliphatic heterocycles. The van der Waals surface area contributed by atoms with Gasteiger partial charge in [0.2, 0.25) is 0 Å². The summed E-state index contributed by atoms with van der Waals surface area (Å²) in [6, 6.07) is 18.9. The van der Waals surface area contributed by atoms with Gasteiger partial charge in [0.1, 0.15) is 23.6 Å². The molecule has 7 nitrogen and oxygen atoms in total. The zero-order valence-corrected chi connectivity index (χ0v) is 18.8. The molecule has 0 aliphatic carbocycles. The molecule has 178 valence electrons. The lowest BCUT2D eigenvalue weighted by molar-refractivity contribution is 0.0549. The number of benzene rings is 3. The number of aromatic nitrogens is 2. The summed E-state index contributed by atoms with van der Waals surface area (Å²) < 4.78 is 43.3. The summed E-state index contributed by atoms with van der Waals surface area (Å²) >= 11 is 0. The second-order valence-corrected chi connectivity index (χ2v) is 7.36. The number of carbonyl (C=O) groups is 2. The molecule has 0 spiro atoms. The second kappa shape index (κ2) is 10.2. The maximum Gasteiger partial charge on any atom is 0.357 e. The van der Waals surface area contributed by atoms with E-state index in [1.807, 2.05) is 6.07 Å². The van der Waals surface area contributed by atoms with Crippen LogP contribution in [0.1, 0.15) is 26.4 Å². The Morgan fingerprint density at radius 1 is 0.857 bits per heavy atom. The minimum Gasteiger partial charge on any atom is -0.489 e. The fourth-order valence-corrected chi connectivity index (χ4v) is 3.46. The van der Waals surface area contributed by atoms with Crippen molar-refractivity contribution in [1.82, 2.24) is 9.78 Å². The average Bonchev–Trinajstić information content (AvgIpc) is 3.30. The number of para-hydroxylation sites is 1. The van der Waals surface area contributed by atoms with Gasteiger partial charge in [0.15, 0.2) is 17.3 Å². The van der Waals surface area contributed by atoms with Gasteiger partial charge in [0.25, 0.3) is 0 Å². The lowest BCUT2D eigenvalue weighted by atomic mass is 10.1. The van der Waals surface area contributed by atoms with Crippen LogP contribution in [0.15, 0.2) is 72.8 Å². The van der Waals surface area contributed by atoms with Crippen molar-refractivity contribution in [3.63, 3.8) is 0 Å². The molecule has 4 aromatic rings. The zero-order valence-electron chi connectivity index (χ0n) is 18.8. The smallest absolute Gasteiger partial charge is 0.357 e. The number of ether oxygens (including phenoxy) is 3. The minimum absolute atomic E-state index is 0.0269. The van der Waals surface area contributed by atoms with Crippen LogP contribution in [0.2, 0.25) is 0 Å². The zero-order chi connectivity index (χ0) is 24.9. The van der Waals surface area contributed by atoms with Gasteiger partial charge in [-0.15, -0.1) is 0 Å². The fraction of sp³-hybridized carbons (Fsp3) is 0.115. The third-order valence-corrected chi connectivity index (χ3v) is 5.17. The standard InChI is InChI=1S/C26H20F2N2O5/c1-33-25(31)22-23(29-30(24(22)26(32)34-2)18-6-4-3-5-7-18)17-9-11-19(12-10-17)35-15-16-8-13-20(27)21(28)14-16/h3-14H,15H2,1-2H3. The van der Waals surface area contributed by atoms with Crippen LogP contribution in [-0.2, 0) is 16.1 Å². The second-order valence-electron chi connectivity index (χ2n) is 7.36. The van der Waals surface area contributed by atoms with Crippen molar-refractivity contribution in [1.29, 1.82) is 0 Å². The molecular formula is C26H20F2N2O5. The molecular weight excluding hydrogens is 458 g/mol. The summed E-state index contributed by atoms with van der Waals surface area (Å²) in [4.78, 5) is 25.4. The van der Waals surface area contributed by atoms with Crippen LogP contribution in [0.25, 0.3) is 16.9 Å².